The zero-order chi connectivity index (χ0) is 15.6. The number of anilines is 1. The highest BCUT2D eigenvalue weighted by molar-refractivity contribution is 5.97. The van der Waals surface area contributed by atoms with Crippen LogP contribution in [0.2, 0.25) is 0 Å². The van der Waals surface area contributed by atoms with E-state index < -0.39 is 0 Å². The maximum atomic E-state index is 12.2. The number of hydrogen-bond acceptors (Lipinski definition) is 5. The maximum absolute atomic E-state index is 12.2. The first-order valence-electron chi connectivity index (χ1n) is 7.49. The van der Waals surface area contributed by atoms with E-state index in [9.17, 15) is 4.79 Å². The van der Waals surface area contributed by atoms with Crippen molar-refractivity contribution < 1.29 is 9.53 Å². The van der Waals surface area contributed by atoms with E-state index in [1.807, 2.05) is 24.3 Å². The monoisotopic (exact) mass is 309 g/mol. The van der Waals surface area contributed by atoms with Crippen LogP contribution in [0.15, 0.2) is 42.9 Å². The number of aromatic nitrogens is 4. The van der Waals surface area contributed by atoms with Gasteiger partial charge in [0.1, 0.15) is 6.10 Å². The van der Waals surface area contributed by atoms with Gasteiger partial charge in [0.2, 0.25) is 0 Å². The molecule has 0 aromatic carbocycles. The number of nitrogens with one attached hydrogen (secondary N) is 1. The zero-order valence-corrected chi connectivity index (χ0v) is 12.3. The summed E-state index contributed by atoms with van der Waals surface area (Å²) in [6, 6.07) is 7.36. The lowest BCUT2D eigenvalue weighted by molar-refractivity contribution is -0.124. The standard InChI is InChI=1S/C16H15N5O2/c22-16(13-6-3-9-23-13)18-12-5-2-8-21-15(12)19-14(20-21)11-4-1-7-17-10-11/h1-2,4-5,7-8,10,13H,3,6,9H2,(H,18,22)/t13-/m1/s1. The average molecular weight is 309 g/mol. The van der Waals surface area contributed by atoms with Gasteiger partial charge in [0.15, 0.2) is 11.5 Å². The van der Waals surface area contributed by atoms with E-state index in [1.54, 1.807) is 23.1 Å². The topological polar surface area (TPSA) is 81.4 Å². The molecule has 1 atom stereocenters. The Kier molecular flexibility index (Phi) is 3.47. The number of pyridine rings is 2. The van der Waals surface area contributed by atoms with Gasteiger partial charge in [-0.15, -0.1) is 5.10 Å². The molecule has 0 bridgehead atoms. The van der Waals surface area contributed by atoms with Gasteiger partial charge >= 0.3 is 0 Å². The van der Waals surface area contributed by atoms with Gasteiger partial charge in [-0.2, -0.15) is 0 Å². The van der Waals surface area contributed by atoms with Crippen LogP contribution in [0.1, 0.15) is 12.8 Å². The lowest BCUT2D eigenvalue weighted by Crippen LogP contribution is -2.27. The average Bonchev–Trinajstić information content (AvgIpc) is 3.26. The van der Waals surface area contributed by atoms with Gasteiger partial charge in [-0.3, -0.25) is 9.78 Å². The third kappa shape index (κ3) is 2.66. The van der Waals surface area contributed by atoms with Crippen molar-refractivity contribution in [1.29, 1.82) is 0 Å². The molecule has 0 radical (unpaired) electrons. The van der Waals surface area contributed by atoms with Crippen LogP contribution in [0.4, 0.5) is 5.69 Å². The third-order valence-electron chi connectivity index (χ3n) is 3.76. The van der Waals surface area contributed by atoms with Crippen molar-refractivity contribution in [1.82, 2.24) is 19.6 Å². The molecule has 7 nitrogen and oxygen atoms in total. The van der Waals surface area contributed by atoms with Gasteiger partial charge in [0.05, 0.1) is 5.69 Å². The van der Waals surface area contributed by atoms with Crippen molar-refractivity contribution in [2.75, 3.05) is 11.9 Å². The van der Waals surface area contributed by atoms with E-state index in [0.717, 1.165) is 18.4 Å². The first-order chi connectivity index (χ1) is 11.3. The second-order valence-corrected chi connectivity index (χ2v) is 5.36. The van der Waals surface area contributed by atoms with Gasteiger partial charge in [-0.05, 0) is 37.1 Å². The molecule has 1 N–H and O–H groups in total. The van der Waals surface area contributed by atoms with E-state index in [2.05, 4.69) is 20.4 Å². The van der Waals surface area contributed by atoms with Crippen LogP contribution in [-0.2, 0) is 9.53 Å². The number of amides is 1. The van der Waals surface area contributed by atoms with Crippen LogP contribution >= 0.6 is 0 Å². The van der Waals surface area contributed by atoms with E-state index in [1.165, 1.54) is 0 Å². The number of carbonyl (C=O) groups is 1. The Labute approximate surface area is 132 Å². The molecule has 1 amide bonds. The van der Waals surface area contributed by atoms with Gasteiger partial charge in [-0.1, -0.05) is 0 Å². The Balaban J connectivity index is 1.67. The Hall–Kier alpha value is -2.80. The van der Waals surface area contributed by atoms with Crippen LogP contribution in [0.3, 0.4) is 0 Å². The lowest BCUT2D eigenvalue weighted by Gasteiger charge is -2.10. The number of nitrogens with zero attached hydrogens (tertiary/aromatic N) is 4. The summed E-state index contributed by atoms with van der Waals surface area (Å²) in [4.78, 5) is 20.8. The van der Waals surface area contributed by atoms with Crippen LogP contribution in [-0.4, -0.2) is 38.2 Å². The molecule has 0 aliphatic carbocycles. The molecular formula is C16H15N5O2. The van der Waals surface area contributed by atoms with E-state index in [4.69, 9.17) is 4.74 Å². The highest BCUT2D eigenvalue weighted by atomic mass is 16.5. The smallest absolute Gasteiger partial charge is 0.253 e. The number of rotatable bonds is 3. The molecule has 1 aliphatic heterocycles. The summed E-state index contributed by atoms with van der Waals surface area (Å²) in [6.07, 6.45) is 6.49. The molecule has 0 saturated carbocycles. The van der Waals surface area contributed by atoms with Crippen LogP contribution in [0.25, 0.3) is 17.0 Å². The lowest BCUT2D eigenvalue weighted by atomic mass is 10.2. The molecular weight excluding hydrogens is 294 g/mol. The van der Waals surface area contributed by atoms with Gasteiger partial charge in [0.25, 0.3) is 5.91 Å². The summed E-state index contributed by atoms with van der Waals surface area (Å²) in [5.74, 6) is 0.429. The van der Waals surface area contributed by atoms with E-state index >= 15 is 0 Å². The molecule has 4 rings (SSSR count). The van der Waals surface area contributed by atoms with Gasteiger partial charge in [0, 0.05) is 30.8 Å². The largest absolute Gasteiger partial charge is 0.368 e. The predicted molar refractivity (Wildman–Crippen MR) is 83.8 cm³/mol. The van der Waals surface area contributed by atoms with Gasteiger partial charge in [-0.25, -0.2) is 9.50 Å². The molecule has 1 fully saturated rings. The molecule has 1 saturated heterocycles. The van der Waals surface area contributed by atoms with E-state index in [0.29, 0.717) is 23.8 Å². The SMILES string of the molecule is O=C(Nc1cccn2nc(-c3cccnc3)nc12)[C@H]1CCCO1. The zero-order valence-electron chi connectivity index (χ0n) is 12.3. The normalized spacial score (nSPS) is 17.5. The first kappa shape index (κ1) is 13.8. The molecule has 1 aliphatic rings. The van der Waals surface area contributed by atoms with Crippen molar-refractivity contribution in [2.24, 2.45) is 0 Å². The summed E-state index contributed by atoms with van der Waals surface area (Å²) < 4.78 is 7.06. The summed E-state index contributed by atoms with van der Waals surface area (Å²) in [7, 11) is 0. The third-order valence-corrected chi connectivity index (χ3v) is 3.76. The Morgan fingerprint density at radius 1 is 1.35 bits per heavy atom. The molecule has 23 heavy (non-hydrogen) atoms. The molecule has 0 spiro atoms. The predicted octanol–water partition coefficient (Wildman–Crippen LogP) is 1.91. The van der Waals surface area contributed by atoms with E-state index in [-0.39, 0.29) is 12.0 Å². The fourth-order valence-corrected chi connectivity index (χ4v) is 2.62. The summed E-state index contributed by atoms with van der Waals surface area (Å²) >= 11 is 0. The number of fused-ring (bicyclic) bond motifs is 1. The van der Waals surface area contributed by atoms with Crippen LogP contribution in [0, 0.1) is 0 Å². The summed E-state index contributed by atoms with van der Waals surface area (Å²) in [5.41, 5.74) is 2.04. The number of ether oxygens (including phenoxy) is 1. The Morgan fingerprint density at radius 3 is 3.09 bits per heavy atom. The fraction of sp³-hybridized carbons (Fsp3) is 0.250. The fourth-order valence-electron chi connectivity index (χ4n) is 2.62. The Morgan fingerprint density at radius 2 is 2.30 bits per heavy atom. The van der Waals surface area contributed by atoms with Crippen LogP contribution < -0.4 is 5.32 Å². The summed E-state index contributed by atoms with van der Waals surface area (Å²) in [5, 5.41) is 7.32. The number of carbonyl (C=O) groups excluding carboxylic acids is 1. The van der Waals surface area contributed by atoms with Gasteiger partial charge < -0.3 is 10.1 Å². The second-order valence-electron chi connectivity index (χ2n) is 5.36. The molecule has 4 heterocycles. The highest BCUT2D eigenvalue weighted by Gasteiger charge is 2.24. The maximum Gasteiger partial charge on any atom is 0.253 e. The molecule has 3 aromatic rings. The first-order valence-corrected chi connectivity index (χ1v) is 7.49. The number of hydrogen-bond donors (Lipinski definition) is 1. The minimum atomic E-state index is -0.379. The van der Waals surface area contributed by atoms with Crippen molar-refractivity contribution in [3.63, 3.8) is 0 Å². The van der Waals surface area contributed by atoms with Crippen molar-refractivity contribution in [3.05, 3.63) is 42.9 Å². The van der Waals surface area contributed by atoms with Crippen molar-refractivity contribution in [2.45, 2.75) is 18.9 Å². The molecule has 7 heteroatoms. The van der Waals surface area contributed by atoms with Crippen molar-refractivity contribution in [3.8, 4) is 11.4 Å². The second kappa shape index (κ2) is 5.77. The minimum absolute atomic E-state index is 0.137. The van der Waals surface area contributed by atoms with Crippen molar-refractivity contribution >= 4 is 17.2 Å². The molecule has 0 unspecified atom stereocenters. The molecule has 3 aromatic heterocycles. The van der Waals surface area contributed by atoms with Crippen LogP contribution in [0.5, 0.6) is 0 Å². The quantitative estimate of drug-likeness (QED) is 0.799. The minimum Gasteiger partial charge on any atom is -0.368 e. The molecule has 116 valence electrons. The highest BCUT2D eigenvalue weighted by Crippen LogP contribution is 2.21. The summed E-state index contributed by atoms with van der Waals surface area (Å²) in [6.45, 7) is 0.637. The Bertz CT molecular complexity index is 840.